The first-order chi connectivity index (χ1) is 9.20. The van der Waals surface area contributed by atoms with Crippen LogP contribution in [0.4, 0.5) is 0 Å². The van der Waals surface area contributed by atoms with E-state index in [1.165, 1.54) is 6.07 Å². The first kappa shape index (κ1) is 13.1. The van der Waals surface area contributed by atoms with Gasteiger partial charge in [0.25, 0.3) is 0 Å². The number of phenols is 1. The Labute approximate surface area is 112 Å². The lowest BCUT2D eigenvalue weighted by atomic mass is 10.1. The van der Waals surface area contributed by atoms with Crippen LogP contribution in [0.15, 0.2) is 48.5 Å². The van der Waals surface area contributed by atoms with E-state index in [2.05, 4.69) is 0 Å². The number of carbonyl (C=O) groups is 1. The Kier molecular flexibility index (Phi) is 4.18. The van der Waals surface area contributed by atoms with Crippen LogP contribution in [0.2, 0.25) is 0 Å². The summed E-state index contributed by atoms with van der Waals surface area (Å²) in [7, 11) is 0. The van der Waals surface area contributed by atoms with Crippen molar-refractivity contribution < 1.29 is 14.6 Å². The van der Waals surface area contributed by atoms with Gasteiger partial charge in [-0.15, -0.1) is 0 Å². The van der Waals surface area contributed by atoms with Crippen molar-refractivity contribution in [2.24, 2.45) is 0 Å². The van der Waals surface area contributed by atoms with Gasteiger partial charge in [-0.3, -0.25) is 4.79 Å². The number of carbonyl (C=O) groups excluding carboxylic acids is 1. The molecule has 3 nitrogen and oxygen atoms in total. The number of rotatable bonds is 5. The lowest BCUT2D eigenvalue weighted by Gasteiger charge is -2.09. The van der Waals surface area contributed by atoms with Gasteiger partial charge in [0.05, 0.1) is 0 Å². The average molecular weight is 256 g/mol. The van der Waals surface area contributed by atoms with Crippen LogP contribution in [0, 0.1) is 0 Å². The number of Topliss-reactive ketones (excluding diaryl/α,β-unsaturated/α-hetero) is 1. The van der Waals surface area contributed by atoms with E-state index < -0.39 is 0 Å². The molecule has 0 unspecified atom stereocenters. The molecule has 0 aromatic heterocycles. The van der Waals surface area contributed by atoms with Crippen LogP contribution in [0.1, 0.15) is 30.1 Å². The van der Waals surface area contributed by atoms with Gasteiger partial charge in [0.2, 0.25) is 0 Å². The Morgan fingerprint density at radius 3 is 2.58 bits per heavy atom. The Balaban J connectivity index is 2.25. The minimum absolute atomic E-state index is 0.0249. The van der Waals surface area contributed by atoms with Crippen molar-refractivity contribution in [3.8, 4) is 17.2 Å². The van der Waals surface area contributed by atoms with E-state index >= 15 is 0 Å². The monoisotopic (exact) mass is 256 g/mol. The highest BCUT2D eigenvalue weighted by Crippen LogP contribution is 2.31. The summed E-state index contributed by atoms with van der Waals surface area (Å²) in [5.74, 6) is 1.00. The van der Waals surface area contributed by atoms with Crippen molar-refractivity contribution in [2.75, 3.05) is 0 Å². The predicted octanol–water partition coefficient (Wildman–Crippen LogP) is 4.17. The number of benzene rings is 2. The van der Waals surface area contributed by atoms with E-state index in [4.69, 9.17) is 4.74 Å². The van der Waals surface area contributed by atoms with Crippen LogP contribution in [-0.2, 0) is 0 Å². The molecule has 0 aliphatic rings. The molecule has 19 heavy (non-hydrogen) atoms. The van der Waals surface area contributed by atoms with Crippen LogP contribution in [0.5, 0.6) is 17.2 Å². The molecule has 2 rings (SSSR count). The zero-order valence-electron chi connectivity index (χ0n) is 10.8. The maximum absolute atomic E-state index is 11.8. The SMILES string of the molecule is CCCC(=O)c1ccc(O)c(Oc2ccccc2)c1. The summed E-state index contributed by atoms with van der Waals surface area (Å²) in [5, 5.41) is 9.77. The molecule has 0 spiro atoms. The van der Waals surface area contributed by atoms with Gasteiger partial charge in [-0.25, -0.2) is 0 Å². The number of ketones is 1. The van der Waals surface area contributed by atoms with Gasteiger partial charge in [0.1, 0.15) is 5.75 Å². The Morgan fingerprint density at radius 2 is 1.89 bits per heavy atom. The summed E-state index contributed by atoms with van der Waals surface area (Å²) in [6.07, 6.45) is 1.30. The molecule has 0 fully saturated rings. The number of hydrogen-bond donors (Lipinski definition) is 1. The van der Waals surface area contributed by atoms with Crippen molar-refractivity contribution in [1.82, 2.24) is 0 Å². The van der Waals surface area contributed by atoms with E-state index in [0.717, 1.165) is 6.42 Å². The first-order valence-electron chi connectivity index (χ1n) is 6.30. The average Bonchev–Trinajstić information content (AvgIpc) is 2.42. The molecule has 0 saturated heterocycles. The lowest BCUT2D eigenvalue weighted by molar-refractivity contribution is 0.0981. The van der Waals surface area contributed by atoms with Crippen molar-refractivity contribution in [2.45, 2.75) is 19.8 Å². The lowest BCUT2D eigenvalue weighted by Crippen LogP contribution is -1.98. The molecular weight excluding hydrogens is 240 g/mol. The molecule has 0 bridgehead atoms. The normalized spacial score (nSPS) is 10.2. The number of phenolic OH excluding ortho intramolecular Hbond substituents is 1. The predicted molar refractivity (Wildman–Crippen MR) is 73.9 cm³/mol. The van der Waals surface area contributed by atoms with E-state index in [1.54, 1.807) is 24.3 Å². The summed E-state index contributed by atoms with van der Waals surface area (Å²) in [4.78, 5) is 11.8. The topological polar surface area (TPSA) is 46.5 Å². The molecule has 0 aliphatic carbocycles. The Bertz CT molecular complexity index is 561. The second kappa shape index (κ2) is 6.05. The van der Waals surface area contributed by atoms with Crippen molar-refractivity contribution in [3.05, 3.63) is 54.1 Å². The quantitative estimate of drug-likeness (QED) is 0.817. The molecule has 0 radical (unpaired) electrons. The molecule has 1 N–H and O–H groups in total. The fraction of sp³-hybridized carbons (Fsp3) is 0.188. The molecule has 0 amide bonds. The van der Waals surface area contributed by atoms with E-state index in [9.17, 15) is 9.90 Å². The van der Waals surface area contributed by atoms with Gasteiger partial charge in [-0.1, -0.05) is 25.1 Å². The van der Waals surface area contributed by atoms with Crippen LogP contribution >= 0.6 is 0 Å². The fourth-order valence-corrected chi connectivity index (χ4v) is 1.76. The zero-order chi connectivity index (χ0) is 13.7. The third-order valence-electron chi connectivity index (χ3n) is 2.73. The Morgan fingerprint density at radius 1 is 1.16 bits per heavy atom. The molecule has 0 heterocycles. The third kappa shape index (κ3) is 3.35. The highest BCUT2D eigenvalue weighted by molar-refractivity contribution is 5.96. The molecule has 2 aromatic carbocycles. The fourth-order valence-electron chi connectivity index (χ4n) is 1.76. The Hall–Kier alpha value is -2.29. The van der Waals surface area contributed by atoms with E-state index in [0.29, 0.717) is 23.5 Å². The minimum atomic E-state index is 0.0249. The second-order valence-electron chi connectivity index (χ2n) is 4.27. The van der Waals surface area contributed by atoms with Gasteiger partial charge in [-0.2, -0.15) is 0 Å². The second-order valence-corrected chi connectivity index (χ2v) is 4.27. The molecule has 2 aromatic rings. The summed E-state index contributed by atoms with van der Waals surface area (Å²) >= 11 is 0. The molecule has 3 heteroatoms. The standard InChI is InChI=1S/C16H16O3/c1-2-6-14(17)12-9-10-15(18)16(11-12)19-13-7-4-3-5-8-13/h3-5,7-11,18H,2,6H2,1H3. The van der Waals surface area contributed by atoms with Crippen LogP contribution in [0.3, 0.4) is 0 Å². The number of ether oxygens (including phenoxy) is 1. The minimum Gasteiger partial charge on any atom is -0.504 e. The third-order valence-corrected chi connectivity index (χ3v) is 2.73. The van der Waals surface area contributed by atoms with Gasteiger partial charge < -0.3 is 9.84 Å². The number of para-hydroxylation sites is 1. The van der Waals surface area contributed by atoms with Gasteiger partial charge in [0, 0.05) is 12.0 Å². The maximum atomic E-state index is 11.8. The maximum Gasteiger partial charge on any atom is 0.169 e. The zero-order valence-corrected chi connectivity index (χ0v) is 10.8. The van der Waals surface area contributed by atoms with Gasteiger partial charge in [-0.05, 0) is 36.8 Å². The van der Waals surface area contributed by atoms with Crippen molar-refractivity contribution in [3.63, 3.8) is 0 Å². The summed E-state index contributed by atoms with van der Waals surface area (Å²) in [6, 6.07) is 13.8. The van der Waals surface area contributed by atoms with Crippen LogP contribution in [0.25, 0.3) is 0 Å². The molecule has 0 saturated carbocycles. The molecular formula is C16H16O3. The largest absolute Gasteiger partial charge is 0.504 e. The summed E-state index contributed by atoms with van der Waals surface area (Å²) in [5.41, 5.74) is 0.561. The molecule has 0 aliphatic heterocycles. The number of aromatic hydroxyl groups is 1. The molecule has 0 atom stereocenters. The van der Waals surface area contributed by atoms with Crippen LogP contribution < -0.4 is 4.74 Å². The van der Waals surface area contributed by atoms with Gasteiger partial charge >= 0.3 is 0 Å². The highest BCUT2D eigenvalue weighted by atomic mass is 16.5. The molecule has 98 valence electrons. The number of hydrogen-bond acceptors (Lipinski definition) is 3. The van der Waals surface area contributed by atoms with Gasteiger partial charge in [0.15, 0.2) is 17.3 Å². The van der Waals surface area contributed by atoms with Crippen LogP contribution in [-0.4, -0.2) is 10.9 Å². The first-order valence-corrected chi connectivity index (χ1v) is 6.30. The summed E-state index contributed by atoms with van der Waals surface area (Å²) < 4.78 is 5.58. The van der Waals surface area contributed by atoms with Crippen molar-refractivity contribution in [1.29, 1.82) is 0 Å². The van der Waals surface area contributed by atoms with Crippen molar-refractivity contribution >= 4 is 5.78 Å². The van der Waals surface area contributed by atoms with E-state index in [1.807, 2.05) is 25.1 Å². The highest BCUT2D eigenvalue weighted by Gasteiger charge is 2.10. The van der Waals surface area contributed by atoms with E-state index in [-0.39, 0.29) is 11.5 Å². The summed E-state index contributed by atoms with van der Waals surface area (Å²) in [6.45, 7) is 1.96. The smallest absolute Gasteiger partial charge is 0.169 e.